The van der Waals surface area contributed by atoms with Crippen molar-refractivity contribution in [2.75, 3.05) is 11.9 Å². The second-order valence-corrected chi connectivity index (χ2v) is 7.19. The molecule has 2 aromatic rings. The Balaban J connectivity index is 1.93. The summed E-state index contributed by atoms with van der Waals surface area (Å²) >= 11 is 0. The van der Waals surface area contributed by atoms with Crippen molar-refractivity contribution in [3.63, 3.8) is 0 Å². The van der Waals surface area contributed by atoms with Crippen LogP contribution in [-0.4, -0.2) is 33.2 Å². The number of nitriles is 1. The number of aliphatic hydroxyl groups excluding tert-OH is 1. The molecule has 0 spiro atoms. The molecule has 8 nitrogen and oxygen atoms in total. The SMILES string of the molecule is Cn1cc2c(c1C(=O)Nc1cc(F)nc(C#N)c1)CCC(CO)NS2=N. The minimum Gasteiger partial charge on any atom is -0.395 e. The molecule has 2 unspecified atom stereocenters. The van der Waals surface area contributed by atoms with Crippen molar-refractivity contribution in [3.05, 3.63) is 41.2 Å². The van der Waals surface area contributed by atoms with Crippen LogP contribution in [0.1, 0.15) is 28.2 Å². The first-order valence-electron chi connectivity index (χ1n) is 7.82. The minimum absolute atomic E-state index is 0.0759. The molecule has 3 heterocycles. The van der Waals surface area contributed by atoms with Crippen LogP contribution < -0.4 is 10.0 Å². The van der Waals surface area contributed by atoms with Crippen LogP contribution in [0.4, 0.5) is 10.1 Å². The molecule has 0 bridgehead atoms. The van der Waals surface area contributed by atoms with Gasteiger partial charge in [-0.2, -0.15) is 9.65 Å². The Bertz CT molecular complexity index is 936. The van der Waals surface area contributed by atoms with Crippen LogP contribution in [0, 0.1) is 22.1 Å². The van der Waals surface area contributed by atoms with E-state index < -0.39 is 22.7 Å². The lowest BCUT2D eigenvalue weighted by atomic mass is 10.1. The summed E-state index contributed by atoms with van der Waals surface area (Å²) in [6.07, 6.45) is 2.85. The molecule has 0 saturated heterocycles. The highest BCUT2D eigenvalue weighted by molar-refractivity contribution is 7.84. The van der Waals surface area contributed by atoms with Gasteiger partial charge in [0.05, 0.1) is 11.5 Å². The summed E-state index contributed by atoms with van der Waals surface area (Å²) in [5.74, 6) is -1.31. The smallest absolute Gasteiger partial charge is 0.272 e. The third-order valence-corrected chi connectivity index (χ3v) is 5.46. The zero-order valence-corrected chi connectivity index (χ0v) is 14.7. The lowest BCUT2D eigenvalue weighted by Gasteiger charge is -2.13. The highest BCUT2D eigenvalue weighted by atomic mass is 32.2. The van der Waals surface area contributed by atoms with Gasteiger partial charge in [-0.05, 0) is 35.3 Å². The van der Waals surface area contributed by atoms with Crippen LogP contribution in [-0.2, 0) is 24.3 Å². The van der Waals surface area contributed by atoms with E-state index in [1.54, 1.807) is 23.9 Å². The van der Waals surface area contributed by atoms with E-state index in [4.69, 9.17) is 10.0 Å². The lowest BCUT2D eigenvalue weighted by molar-refractivity contribution is 0.101. The van der Waals surface area contributed by atoms with Crippen LogP contribution in [0.15, 0.2) is 23.2 Å². The Kier molecular flexibility index (Phi) is 5.13. The number of hydrogen-bond acceptors (Lipinski definition) is 5. The highest BCUT2D eigenvalue weighted by Crippen LogP contribution is 2.26. The van der Waals surface area contributed by atoms with Crippen LogP contribution in [0.25, 0.3) is 0 Å². The zero-order chi connectivity index (χ0) is 18.8. The molecule has 0 aliphatic carbocycles. The normalized spacial score (nSPS) is 19.3. The Morgan fingerprint density at radius 2 is 2.42 bits per heavy atom. The first-order valence-corrected chi connectivity index (χ1v) is 9.05. The largest absolute Gasteiger partial charge is 0.395 e. The predicted molar refractivity (Wildman–Crippen MR) is 93.0 cm³/mol. The third-order valence-electron chi connectivity index (χ3n) is 4.10. The van der Waals surface area contributed by atoms with E-state index >= 15 is 0 Å². The Morgan fingerprint density at radius 3 is 3.12 bits per heavy atom. The summed E-state index contributed by atoms with van der Waals surface area (Å²) in [5, 5.41) is 20.8. The van der Waals surface area contributed by atoms with Crippen LogP contribution in [0.5, 0.6) is 0 Å². The molecule has 0 aromatic carbocycles. The van der Waals surface area contributed by atoms with Gasteiger partial charge in [0.15, 0.2) is 0 Å². The number of nitrogens with one attached hydrogen (secondary N) is 3. The summed E-state index contributed by atoms with van der Waals surface area (Å²) in [4.78, 5) is 16.9. The molecule has 0 saturated carbocycles. The average Bonchev–Trinajstić information content (AvgIpc) is 2.86. The molecule has 1 amide bonds. The number of carbonyl (C=O) groups excluding carboxylic acids is 1. The molecule has 2 atom stereocenters. The van der Waals surface area contributed by atoms with E-state index in [2.05, 4.69) is 15.0 Å². The number of carbonyl (C=O) groups is 1. The number of aromatic nitrogens is 2. The van der Waals surface area contributed by atoms with Gasteiger partial charge in [0.2, 0.25) is 5.95 Å². The number of rotatable bonds is 3. The Labute approximate surface area is 151 Å². The monoisotopic (exact) mass is 376 g/mol. The van der Waals surface area contributed by atoms with Crippen LogP contribution in [0.2, 0.25) is 0 Å². The second kappa shape index (κ2) is 7.33. The molecule has 26 heavy (non-hydrogen) atoms. The number of pyridine rings is 1. The molecule has 10 heteroatoms. The van der Waals surface area contributed by atoms with Gasteiger partial charge in [0, 0.05) is 31.0 Å². The molecule has 2 aromatic heterocycles. The van der Waals surface area contributed by atoms with Crippen molar-refractivity contribution in [1.82, 2.24) is 14.3 Å². The molecule has 1 aliphatic heterocycles. The fraction of sp³-hybridized carbons (Fsp3) is 0.312. The number of amides is 1. The quantitative estimate of drug-likeness (QED) is 0.599. The average molecular weight is 376 g/mol. The van der Waals surface area contributed by atoms with Gasteiger partial charge in [0.25, 0.3) is 5.91 Å². The first kappa shape index (κ1) is 18.2. The Hall–Kier alpha value is -2.61. The van der Waals surface area contributed by atoms with Gasteiger partial charge in [0.1, 0.15) is 17.5 Å². The summed E-state index contributed by atoms with van der Waals surface area (Å²) in [7, 11) is 0.659. The van der Waals surface area contributed by atoms with Gasteiger partial charge >= 0.3 is 0 Å². The predicted octanol–water partition coefficient (Wildman–Crippen LogP) is 1.23. The van der Waals surface area contributed by atoms with E-state index in [1.807, 2.05) is 0 Å². The fourth-order valence-corrected chi connectivity index (χ4v) is 4.28. The summed E-state index contributed by atoms with van der Waals surface area (Å²) in [6.45, 7) is -0.0759. The van der Waals surface area contributed by atoms with Crippen molar-refractivity contribution in [3.8, 4) is 6.07 Å². The van der Waals surface area contributed by atoms with Gasteiger partial charge < -0.3 is 15.0 Å². The molecule has 4 N–H and O–H groups in total. The maximum absolute atomic E-state index is 13.5. The minimum atomic E-state index is -1.05. The number of hydrogen-bond donors (Lipinski definition) is 4. The van der Waals surface area contributed by atoms with E-state index in [0.29, 0.717) is 23.4 Å². The summed E-state index contributed by atoms with van der Waals surface area (Å²) in [6, 6.07) is 3.88. The van der Waals surface area contributed by atoms with E-state index in [-0.39, 0.29) is 24.0 Å². The van der Waals surface area contributed by atoms with Gasteiger partial charge in [-0.25, -0.2) is 9.71 Å². The topological polar surface area (TPSA) is 127 Å². The number of aliphatic hydroxyl groups is 1. The van der Waals surface area contributed by atoms with Crippen molar-refractivity contribution < 1.29 is 14.3 Å². The lowest BCUT2D eigenvalue weighted by Crippen LogP contribution is -2.32. The molecular weight excluding hydrogens is 359 g/mol. The number of halogens is 1. The number of nitrogens with zero attached hydrogens (tertiary/aromatic N) is 3. The number of aryl methyl sites for hydroxylation is 1. The first-order chi connectivity index (χ1) is 12.4. The molecule has 3 rings (SSSR count). The zero-order valence-electron chi connectivity index (χ0n) is 13.9. The maximum Gasteiger partial charge on any atom is 0.272 e. The highest BCUT2D eigenvalue weighted by Gasteiger charge is 2.26. The summed E-state index contributed by atoms with van der Waals surface area (Å²) in [5.41, 5.74) is 1.12. The molecular formula is C16H17FN6O2S. The van der Waals surface area contributed by atoms with Crippen molar-refractivity contribution in [2.45, 2.75) is 23.8 Å². The van der Waals surface area contributed by atoms with E-state index in [0.717, 1.165) is 11.6 Å². The van der Waals surface area contributed by atoms with Crippen molar-refractivity contribution in [2.24, 2.45) is 7.05 Å². The molecule has 0 fully saturated rings. The fourth-order valence-electron chi connectivity index (χ4n) is 2.92. The molecule has 0 radical (unpaired) electrons. The van der Waals surface area contributed by atoms with Crippen molar-refractivity contribution in [1.29, 1.82) is 10.0 Å². The molecule has 1 aliphatic rings. The summed E-state index contributed by atoms with van der Waals surface area (Å²) < 4.78 is 26.4. The van der Waals surface area contributed by atoms with E-state index in [9.17, 15) is 14.3 Å². The molecule has 136 valence electrons. The van der Waals surface area contributed by atoms with Crippen LogP contribution in [0.3, 0.4) is 0 Å². The van der Waals surface area contributed by atoms with E-state index in [1.165, 1.54) is 6.07 Å². The number of fused-ring (bicyclic) bond motifs is 1. The third kappa shape index (κ3) is 3.50. The van der Waals surface area contributed by atoms with Gasteiger partial charge in [-0.1, -0.05) is 0 Å². The van der Waals surface area contributed by atoms with Crippen molar-refractivity contribution >= 4 is 22.5 Å². The van der Waals surface area contributed by atoms with Gasteiger partial charge in [-0.15, -0.1) is 0 Å². The second-order valence-electron chi connectivity index (χ2n) is 5.90. The van der Waals surface area contributed by atoms with Crippen LogP contribution >= 0.6 is 0 Å². The Morgan fingerprint density at radius 1 is 1.65 bits per heavy atom. The standard InChI is InChI=1S/C16H17FN6O2S/c1-23-7-13-12(3-2-9(8-24)22-26(13)19)15(23)16(25)21-10-4-11(6-18)20-14(17)5-10/h4-5,7,9,24H,2-3,8H2,1H3,(H2,19,22)(H,20,21,25). The maximum atomic E-state index is 13.5. The number of anilines is 1. The van der Waals surface area contributed by atoms with Gasteiger partial charge in [-0.3, -0.25) is 9.57 Å².